The minimum Gasteiger partial charge on any atom is -0.444 e. The maximum Gasteiger partial charge on any atom is 0.407 e. The van der Waals surface area contributed by atoms with Crippen LogP contribution in [-0.2, 0) is 9.53 Å². The zero-order valence-electron chi connectivity index (χ0n) is 12.2. The highest BCUT2D eigenvalue weighted by Crippen LogP contribution is 2.21. The van der Waals surface area contributed by atoms with Crippen molar-refractivity contribution in [3.05, 3.63) is 0 Å². The van der Waals surface area contributed by atoms with E-state index < -0.39 is 23.2 Å². The largest absolute Gasteiger partial charge is 0.444 e. The average Bonchev–Trinajstić information content (AvgIpc) is 2.09. The standard InChI is InChI=1S/C13H24N2O4/c1-12(2,3)19-11(17)15-9-6-8(7-9)14-10(16)13(4,5)18/h8-9,18H,6-7H2,1-5H3,(H,14,16)(H,15,17)/t8-,9-. The van der Waals surface area contributed by atoms with Gasteiger partial charge < -0.3 is 20.5 Å². The van der Waals surface area contributed by atoms with Gasteiger partial charge in [-0.1, -0.05) is 0 Å². The molecule has 0 aliphatic heterocycles. The zero-order valence-corrected chi connectivity index (χ0v) is 12.2. The van der Waals surface area contributed by atoms with E-state index in [0.717, 1.165) is 0 Å². The van der Waals surface area contributed by atoms with Gasteiger partial charge in [-0.15, -0.1) is 0 Å². The van der Waals surface area contributed by atoms with E-state index in [0.29, 0.717) is 12.8 Å². The van der Waals surface area contributed by atoms with Crippen LogP contribution in [0.2, 0.25) is 0 Å². The minimum absolute atomic E-state index is 0.00105. The number of amides is 2. The van der Waals surface area contributed by atoms with Gasteiger partial charge in [0.15, 0.2) is 0 Å². The fraction of sp³-hybridized carbons (Fsp3) is 0.846. The van der Waals surface area contributed by atoms with E-state index in [1.807, 2.05) is 0 Å². The van der Waals surface area contributed by atoms with Crippen LogP contribution in [0.4, 0.5) is 4.79 Å². The van der Waals surface area contributed by atoms with Gasteiger partial charge in [-0.2, -0.15) is 0 Å². The fourth-order valence-corrected chi connectivity index (χ4v) is 1.69. The maximum absolute atomic E-state index is 11.5. The highest BCUT2D eigenvalue weighted by Gasteiger charge is 2.35. The van der Waals surface area contributed by atoms with Crippen molar-refractivity contribution in [1.82, 2.24) is 10.6 Å². The highest BCUT2D eigenvalue weighted by molar-refractivity contribution is 5.84. The molecule has 1 aliphatic rings. The Balaban J connectivity index is 2.24. The molecule has 6 nitrogen and oxygen atoms in total. The van der Waals surface area contributed by atoms with Gasteiger partial charge in [-0.05, 0) is 47.5 Å². The van der Waals surface area contributed by atoms with Gasteiger partial charge in [-0.3, -0.25) is 4.79 Å². The molecular formula is C13H24N2O4. The SMILES string of the molecule is CC(C)(C)OC(=O)N[C@H]1C[C@H](NC(=O)C(C)(C)O)C1. The topological polar surface area (TPSA) is 87.7 Å². The summed E-state index contributed by atoms with van der Waals surface area (Å²) in [4.78, 5) is 23.0. The summed E-state index contributed by atoms with van der Waals surface area (Å²) < 4.78 is 5.14. The molecule has 3 N–H and O–H groups in total. The number of aliphatic hydroxyl groups is 1. The summed E-state index contributed by atoms with van der Waals surface area (Å²) >= 11 is 0. The predicted octanol–water partition coefficient (Wildman–Crippen LogP) is 0.929. The molecular weight excluding hydrogens is 248 g/mol. The van der Waals surface area contributed by atoms with Crippen molar-refractivity contribution in [2.24, 2.45) is 0 Å². The van der Waals surface area contributed by atoms with Crippen molar-refractivity contribution in [2.45, 2.75) is 70.7 Å². The summed E-state index contributed by atoms with van der Waals surface area (Å²) in [6, 6.07) is 0.0146. The Bertz CT molecular complexity index is 349. The molecule has 0 aromatic carbocycles. The van der Waals surface area contributed by atoms with E-state index in [9.17, 15) is 14.7 Å². The number of alkyl carbamates (subject to hydrolysis) is 1. The molecule has 0 unspecified atom stereocenters. The number of nitrogens with one attached hydrogen (secondary N) is 2. The number of hydrogen-bond donors (Lipinski definition) is 3. The van der Waals surface area contributed by atoms with Crippen molar-refractivity contribution < 1.29 is 19.4 Å². The smallest absolute Gasteiger partial charge is 0.407 e. The Labute approximate surface area is 113 Å². The summed E-state index contributed by atoms with van der Waals surface area (Å²) in [5.74, 6) is -0.395. The third-order valence-corrected chi connectivity index (χ3v) is 2.75. The van der Waals surface area contributed by atoms with Gasteiger partial charge >= 0.3 is 6.09 Å². The van der Waals surface area contributed by atoms with Crippen molar-refractivity contribution in [2.75, 3.05) is 0 Å². The molecule has 0 spiro atoms. The molecule has 6 heteroatoms. The highest BCUT2D eigenvalue weighted by atomic mass is 16.6. The van der Waals surface area contributed by atoms with Crippen LogP contribution in [0, 0.1) is 0 Å². The number of rotatable bonds is 3. The Morgan fingerprint density at radius 3 is 1.95 bits per heavy atom. The van der Waals surface area contributed by atoms with Crippen LogP contribution in [0.5, 0.6) is 0 Å². The summed E-state index contributed by atoms with van der Waals surface area (Å²) in [6.07, 6.45) is 0.868. The van der Waals surface area contributed by atoms with E-state index in [1.165, 1.54) is 13.8 Å². The molecule has 0 atom stereocenters. The van der Waals surface area contributed by atoms with E-state index in [1.54, 1.807) is 20.8 Å². The van der Waals surface area contributed by atoms with Crippen LogP contribution in [0.3, 0.4) is 0 Å². The number of ether oxygens (including phenoxy) is 1. The van der Waals surface area contributed by atoms with Crippen LogP contribution in [-0.4, -0.2) is 40.4 Å². The molecule has 1 aliphatic carbocycles. The first-order valence-corrected chi connectivity index (χ1v) is 6.50. The fourth-order valence-electron chi connectivity index (χ4n) is 1.69. The van der Waals surface area contributed by atoms with Gasteiger partial charge in [0.05, 0.1) is 0 Å². The van der Waals surface area contributed by atoms with Crippen LogP contribution in [0.15, 0.2) is 0 Å². The van der Waals surface area contributed by atoms with Gasteiger partial charge in [0.25, 0.3) is 5.91 Å². The molecule has 0 aromatic heterocycles. The first kappa shape index (κ1) is 15.8. The Morgan fingerprint density at radius 2 is 1.53 bits per heavy atom. The quantitative estimate of drug-likeness (QED) is 0.713. The van der Waals surface area contributed by atoms with Crippen LogP contribution >= 0.6 is 0 Å². The Hall–Kier alpha value is -1.30. The van der Waals surface area contributed by atoms with Gasteiger partial charge in [-0.25, -0.2) is 4.79 Å². The molecule has 1 rings (SSSR count). The molecule has 0 aromatic rings. The summed E-state index contributed by atoms with van der Waals surface area (Å²) in [5, 5.41) is 15.0. The Morgan fingerprint density at radius 1 is 1.05 bits per heavy atom. The second kappa shape index (κ2) is 5.36. The normalized spacial score (nSPS) is 23.3. The number of carbonyl (C=O) groups excluding carboxylic acids is 2. The lowest BCUT2D eigenvalue weighted by Gasteiger charge is -2.37. The van der Waals surface area contributed by atoms with Crippen LogP contribution < -0.4 is 10.6 Å². The molecule has 2 amide bonds. The summed E-state index contributed by atoms with van der Waals surface area (Å²) in [5.41, 5.74) is -1.88. The summed E-state index contributed by atoms with van der Waals surface area (Å²) in [6.45, 7) is 8.30. The van der Waals surface area contributed by atoms with Crippen LogP contribution in [0.25, 0.3) is 0 Å². The monoisotopic (exact) mass is 272 g/mol. The van der Waals surface area contributed by atoms with Crippen molar-refractivity contribution in [3.63, 3.8) is 0 Å². The number of carbonyl (C=O) groups is 2. The third kappa shape index (κ3) is 5.46. The lowest BCUT2D eigenvalue weighted by atomic mass is 9.86. The molecule has 0 heterocycles. The zero-order chi connectivity index (χ0) is 14.8. The first-order chi connectivity index (χ1) is 8.47. The second-order valence-electron chi connectivity index (χ2n) is 6.54. The van der Waals surface area contributed by atoms with E-state index in [2.05, 4.69) is 10.6 Å². The lowest BCUT2D eigenvalue weighted by Crippen LogP contribution is -2.57. The van der Waals surface area contributed by atoms with Crippen LogP contribution in [0.1, 0.15) is 47.5 Å². The first-order valence-electron chi connectivity index (χ1n) is 6.50. The minimum atomic E-state index is -1.37. The number of hydrogen-bond acceptors (Lipinski definition) is 4. The summed E-state index contributed by atoms with van der Waals surface area (Å²) in [7, 11) is 0. The Kier molecular flexibility index (Phi) is 4.45. The van der Waals surface area contributed by atoms with Gasteiger partial charge in [0, 0.05) is 12.1 Å². The maximum atomic E-state index is 11.5. The third-order valence-electron chi connectivity index (χ3n) is 2.75. The molecule has 0 bridgehead atoms. The molecule has 1 saturated carbocycles. The molecule has 19 heavy (non-hydrogen) atoms. The average molecular weight is 272 g/mol. The molecule has 110 valence electrons. The van der Waals surface area contributed by atoms with Gasteiger partial charge in [0.1, 0.15) is 11.2 Å². The van der Waals surface area contributed by atoms with E-state index in [-0.39, 0.29) is 12.1 Å². The lowest BCUT2D eigenvalue weighted by molar-refractivity contribution is -0.137. The van der Waals surface area contributed by atoms with E-state index >= 15 is 0 Å². The van der Waals surface area contributed by atoms with Gasteiger partial charge in [0.2, 0.25) is 0 Å². The van der Waals surface area contributed by atoms with Crippen molar-refractivity contribution >= 4 is 12.0 Å². The molecule has 0 saturated heterocycles. The molecule has 0 radical (unpaired) electrons. The van der Waals surface area contributed by atoms with E-state index in [4.69, 9.17) is 4.74 Å². The van der Waals surface area contributed by atoms with Crippen molar-refractivity contribution in [3.8, 4) is 0 Å². The second-order valence-corrected chi connectivity index (χ2v) is 6.54. The molecule has 1 fully saturated rings. The predicted molar refractivity (Wildman–Crippen MR) is 70.6 cm³/mol. The van der Waals surface area contributed by atoms with Crippen molar-refractivity contribution in [1.29, 1.82) is 0 Å².